The van der Waals surface area contributed by atoms with Crippen molar-refractivity contribution < 1.29 is 4.79 Å². The maximum atomic E-state index is 10.00. The van der Waals surface area contributed by atoms with Crippen LogP contribution in [-0.2, 0) is 4.79 Å². The van der Waals surface area contributed by atoms with Crippen LogP contribution in [-0.4, -0.2) is 6.08 Å². The van der Waals surface area contributed by atoms with Crippen molar-refractivity contribution in [3.63, 3.8) is 0 Å². The van der Waals surface area contributed by atoms with Gasteiger partial charge in [0.1, 0.15) is 0 Å². The van der Waals surface area contributed by atoms with Crippen molar-refractivity contribution in [1.82, 2.24) is 0 Å². The fraction of sp³-hybridized carbons (Fsp3) is 0.300. The van der Waals surface area contributed by atoms with Gasteiger partial charge in [-0.2, -0.15) is 4.99 Å². The largest absolute Gasteiger partial charge is 0.240 e. The van der Waals surface area contributed by atoms with Crippen LogP contribution in [0.5, 0.6) is 0 Å². The quantitative estimate of drug-likeness (QED) is 0.574. The fourth-order valence-electron chi connectivity index (χ4n) is 1.11. The molecule has 0 saturated heterocycles. The van der Waals surface area contributed by atoms with Gasteiger partial charge in [-0.1, -0.05) is 35.8 Å². The minimum Gasteiger partial charge on any atom is -0.211 e. The molecule has 0 heterocycles. The Morgan fingerprint density at radius 1 is 1.46 bits per heavy atom. The summed E-state index contributed by atoms with van der Waals surface area (Å²) < 4.78 is 0.985. The number of halogens is 1. The van der Waals surface area contributed by atoms with E-state index in [2.05, 4.69) is 34.8 Å². The molecule has 2 nitrogen and oxygen atoms in total. The maximum Gasteiger partial charge on any atom is 0.240 e. The standard InChI is InChI=1S/C10H10BrNO/c1-7(2)9-4-3-8(12-6-13)5-10(9)11/h3-5,7H,1-2H3. The highest BCUT2D eigenvalue weighted by Gasteiger charge is 2.04. The number of nitrogens with zero attached hydrogens (tertiary/aromatic N) is 1. The molecule has 0 aliphatic carbocycles. The van der Waals surface area contributed by atoms with E-state index in [0.29, 0.717) is 11.6 Å². The van der Waals surface area contributed by atoms with Crippen molar-refractivity contribution in [2.24, 2.45) is 4.99 Å². The topological polar surface area (TPSA) is 29.4 Å². The molecule has 0 spiro atoms. The first-order valence-corrected chi connectivity index (χ1v) is 4.81. The van der Waals surface area contributed by atoms with E-state index in [1.165, 1.54) is 11.6 Å². The van der Waals surface area contributed by atoms with Crippen LogP contribution in [0.1, 0.15) is 25.3 Å². The van der Waals surface area contributed by atoms with Gasteiger partial charge >= 0.3 is 0 Å². The van der Waals surface area contributed by atoms with E-state index in [0.717, 1.165) is 4.47 Å². The van der Waals surface area contributed by atoms with E-state index in [1.54, 1.807) is 0 Å². The summed E-state index contributed by atoms with van der Waals surface area (Å²) in [7, 11) is 0. The normalized spacial score (nSPS) is 9.85. The van der Waals surface area contributed by atoms with Crippen LogP contribution in [0, 0.1) is 0 Å². The average Bonchev–Trinajstić information content (AvgIpc) is 2.04. The Labute approximate surface area is 85.8 Å². The Bertz CT molecular complexity index is 354. The van der Waals surface area contributed by atoms with Crippen molar-refractivity contribution in [3.8, 4) is 0 Å². The predicted octanol–water partition coefficient (Wildman–Crippen LogP) is 3.54. The van der Waals surface area contributed by atoms with E-state index in [-0.39, 0.29) is 0 Å². The molecule has 3 heteroatoms. The van der Waals surface area contributed by atoms with Crippen LogP contribution < -0.4 is 0 Å². The van der Waals surface area contributed by atoms with Crippen molar-refractivity contribution in [2.45, 2.75) is 19.8 Å². The SMILES string of the molecule is CC(C)c1ccc(N=C=O)cc1Br. The van der Waals surface area contributed by atoms with E-state index >= 15 is 0 Å². The van der Waals surface area contributed by atoms with Gasteiger partial charge in [0, 0.05) is 4.47 Å². The molecule has 0 aliphatic heterocycles. The number of carbonyl (C=O) groups excluding carboxylic acids is 1. The van der Waals surface area contributed by atoms with Crippen LogP contribution in [0.25, 0.3) is 0 Å². The summed E-state index contributed by atoms with van der Waals surface area (Å²) in [4.78, 5) is 13.5. The first kappa shape index (κ1) is 10.2. The molecular formula is C10H10BrNO. The summed E-state index contributed by atoms with van der Waals surface area (Å²) in [6.45, 7) is 4.23. The highest BCUT2D eigenvalue weighted by Crippen LogP contribution is 2.28. The zero-order valence-electron chi connectivity index (χ0n) is 7.54. The summed E-state index contributed by atoms with van der Waals surface area (Å²) in [5, 5.41) is 0. The molecule has 0 aromatic heterocycles. The number of rotatable bonds is 2. The highest BCUT2D eigenvalue weighted by molar-refractivity contribution is 9.10. The van der Waals surface area contributed by atoms with Gasteiger partial charge < -0.3 is 0 Å². The Morgan fingerprint density at radius 3 is 2.62 bits per heavy atom. The molecule has 0 atom stereocenters. The Kier molecular flexibility index (Phi) is 3.40. The third kappa shape index (κ3) is 2.51. The molecule has 1 aromatic rings. The van der Waals surface area contributed by atoms with E-state index in [4.69, 9.17) is 0 Å². The molecule has 0 aliphatic rings. The first-order chi connectivity index (χ1) is 6.15. The second-order valence-electron chi connectivity index (χ2n) is 3.06. The molecule has 0 N–H and O–H groups in total. The fourth-order valence-corrected chi connectivity index (χ4v) is 1.93. The number of benzene rings is 1. The first-order valence-electron chi connectivity index (χ1n) is 4.02. The number of hydrogen-bond donors (Lipinski definition) is 0. The van der Waals surface area contributed by atoms with Gasteiger partial charge in [-0.25, -0.2) is 4.79 Å². The smallest absolute Gasteiger partial charge is 0.211 e. The Morgan fingerprint density at radius 2 is 2.15 bits per heavy atom. The van der Waals surface area contributed by atoms with Gasteiger partial charge in [0.15, 0.2) is 0 Å². The van der Waals surface area contributed by atoms with Gasteiger partial charge in [-0.05, 0) is 23.6 Å². The minimum atomic E-state index is 0.462. The van der Waals surface area contributed by atoms with Crippen molar-refractivity contribution in [1.29, 1.82) is 0 Å². The molecule has 0 fully saturated rings. The van der Waals surface area contributed by atoms with Gasteiger partial charge in [0.25, 0.3) is 0 Å². The molecule has 0 bridgehead atoms. The second kappa shape index (κ2) is 4.35. The molecule has 0 radical (unpaired) electrons. The lowest BCUT2D eigenvalue weighted by atomic mass is 10.0. The third-order valence-corrected chi connectivity index (χ3v) is 2.47. The van der Waals surface area contributed by atoms with Crippen LogP contribution in [0.4, 0.5) is 5.69 Å². The molecule has 0 saturated carbocycles. The molecule has 68 valence electrons. The van der Waals surface area contributed by atoms with Crippen LogP contribution >= 0.6 is 15.9 Å². The van der Waals surface area contributed by atoms with Crippen LogP contribution in [0.15, 0.2) is 27.7 Å². The van der Waals surface area contributed by atoms with E-state index in [1.807, 2.05) is 18.2 Å². The number of hydrogen-bond acceptors (Lipinski definition) is 2. The van der Waals surface area contributed by atoms with Gasteiger partial charge in [0.2, 0.25) is 6.08 Å². The van der Waals surface area contributed by atoms with Gasteiger partial charge in [-0.15, -0.1) is 0 Å². The molecule has 1 aromatic carbocycles. The highest BCUT2D eigenvalue weighted by atomic mass is 79.9. The average molecular weight is 240 g/mol. The van der Waals surface area contributed by atoms with Crippen LogP contribution in [0.2, 0.25) is 0 Å². The van der Waals surface area contributed by atoms with Crippen molar-refractivity contribution >= 4 is 27.7 Å². The van der Waals surface area contributed by atoms with Crippen molar-refractivity contribution in [3.05, 3.63) is 28.2 Å². The summed E-state index contributed by atoms with van der Waals surface area (Å²) in [6, 6.07) is 5.59. The zero-order chi connectivity index (χ0) is 9.84. The number of aliphatic imine (C=N–C) groups is 1. The van der Waals surface area contributed by atoms with Crippen LogP contribution in [0.3, 0.4) is 0 Å². The summed E-state index contributed by atoms with van der Waals surface area (Å²) in [5.41, 5.74) is 1.84. The lowest BCUT2D eigenvalue weighted by Gasteiger charge is -2.07. The summed E-state index contributed by atoms with van der Waals surface area (Å²) in [6.07, 6.45) is 1.51. The molecule has 0 unspecified atom stereocenters. The molecule has 13 heavy (non-hydrogen) atoms. The monoisotopic (exact) mass is 239 g/mol. The second-order valence-corrected chi connectivity index (χ2v) is 3.92. The van der Waals surface area contributed by atoms with Gasteiger partial charge in [-0.3, -0.25) is 0 Å². The maximum absolute atomic E-state index is 10.00. The van der Waals surface area contributed by atoms with Gasteiger partial charge in [0.05, 0.1) is 5.69 Å². The minimum absolute atomic E-state index is 0.462. The lowest BCUT2D eigenvalue weighted by Crippen LogP contribution is -1.87. The lowest BCUT2D eigenvalue weighted by molar-refractivity contribution is 0.565. The van der Waals surface area contributed by atoms with E-state index < -0.39 is 0 Å². The van der Waals surface area contributed by atoms with Crippen molar-refractivity contribution in [2.75, 3.05) is 0 Å². The Balaban J connectivity index is 3.12. The number of isocyanates is 1. The summed E-state index contributed by atoms with van der Waals surface area (Å²) in [5.74, 6) is 0.462. The third-order valence-electron chi connectivity index (χ3n) is 1.78. The predicted molar refractivity (Wildman–Crippen MR) is 56.0 cm³/mol. The Hall–Kier alpha value is -0.920. The molecule has 1 rings (SSSR count). The zero-order valence-corrected chi connectivity index (χ0v) is 9.13. The van der Waals surface area contributed by atoms with E-state index in [9.17, 15) is 4.79 Å². The molecular weight excluding hydrogens is 230 g/mol. The molecule has 0 amide bonds. The summed E-state index contributed by atoms with van der Waals surface area (Å²) >= 11 is 3.43.